The summed E-state index contributed by atoms with van der Waals surface area (Å²) in [6.07, 6.45) is 7.62. The number of amides is 1. The summed E-state index contributed by atoms with van der Waals surface area (Å²) in [7, 11) is 1.45. The number of hydrogen-bond acceptors (Lipinski definition) is 9. The van der Waals surface area contributed by atoms with Gasteiger partial charge in [0.2, 0.25) is 11.9 Å². The highest BCUT2D eigenvalue weighted by atomic mass is 19.1. The van der Waals surface area contributed by atoms with Crippen LogP contribution in [0.3, 0.4) is 0 Å². The van der Waals surface area contributed by atoms with Gasteiger partial charge < -0.3 is 24.4 Å². The number of carbonyl (C=O) groups is 1. The van der Waals surface area contributed by atoms with Gasteiger partial charge >= 0.3 is 0 Å². The average molecular weight is 588 g/mol. The van der Waals surface area contributed by atoms with Gasteiger partial charge in [0, 0.05) is 70.2 Å². The third-order valence-corrected chi connectivity index (χ3v) is 7.67. The summed E-state index contributed by atoms with van der Waals surface area (Å²) in [6.45, 7) is 3.35. The second-order valence-corrected chi connectivity index (χ2v) is 10.6. The topological polar surface area (TPSA) is 107 Å². The molecule has 6 rings (SSSR count). The van der Waals surface area contributed by atoms with Crippen LogP contribution in [0.2, 0.25) is 0 Å². The normalized spacial score (nSPS) is 18.3. The van der Waals surface area contributed by atoms with Crippen LogP contribution in [-0.2, 0) is 11.3 Å². The lowest BCUT2D eigenvalue weighted by atomic mass is 10.1. The van der Waals surface area contributed by atoms with Crippen LogP contribution in [0.1, 0.15) is 18.4 Å². The predicted molar refractivity (Wildman–Crippen MR) is 157 cm³/mol. The molecule has 43 heavy (non-hydrogen) atoms. The smallest absolute Gasteiger partial charge is 0.236 e. The molecular formula is C31H34FN7O4. The van der Waals surface area contributed by atoms with Gasteiger partial charge in [-0.05, 0) is 35.9 Å². The Hall–Kier alpha value is -4.71. The van der Waals surface area contributed by atoms with E-state index >= 15 is 0 Å². The summed E-state index contributed by atoms with van der Waals surface area (Å²) in [6, 6.07) is 14.3. The van der Waals surface area contributed by atoms with Crippen LogP contribution in [0.25, 0.3) is 5.95 Å². The predicted octanol–water partition coefficient (Wildman–Crippen LogP) is 3.24. The van der Waals surface area contributed by atoms with E-state index in [1.165, 1.54) is 13.2 Å². The van der Waals surface area contributed by atoms with Crippen molar-refractivity contribution in [2.75, 3.05) is 44.8 Å². The molecule has 12 heteroatoms. The third-order valence-electron chi connectivity index (χ3n) is 7.67. The Morgan fingerprint density at radius 1 is 1.14 bits per heavy atom. The monoisotopic (exact) mass is 587 g/mol. The Morgan fingerprint density at radius 3 is 2.84 bits per heavy atom. The first-order valence-corrected chi connectivity index (χ1v) is 14.3. The average Bonchev–Trinajstić information content (AvgIpc) is 3.57. The van der Waals surface area contributed by atoms with E-state index in [1.807, 2.05) is 36.4 Å². The molecule has 1 amide bonds. The molecule has 0 spiro atoms. The summed E-state index contributed by atoms with van der Waals surface area (Å²) in [5.74, 6) is 2.50. The van der Waals surface area contributed by atoms with E-state index in [9.17, 15) is 9.18 Å². The van der Waals surface area contributed by atoms with Gasteiger partial charge in [-0.3, -0.25) is 14.3 Å². The molecular weight excluding hydrogens is 553 g/mol. The Balaban J connectivity index is 1.11. The highest BCUT2D eigenvalue weighted by Crippen LogP contribution is 2.31. The molecule has 2 aromatic heterocycles. The molecule has 0 bridgehead atoms. The van der Waals surface area contributed by atoms with Gasteiger partial charge in [0.05, 0.1) is 7.11 Å². The molecule has 0 radical (unpaired) electrons. The summed E-state index contributed by atoms with van der Waals surface area (Å²) in [5, 5.41) is 3.06. The van der Waals surface area contributed by atoms with Crippen molar-refractivity contribution in [1.29, 1.82) is 0 Å². The molecule has 1 saturated heterocycles. The molecule has 2 aliphatic heterocycles. The summed E-state index contributed by atoms with van der Waals surface area (Å²) in [5.41, 5.74) is 0.816. The van der Waals surface area contributed by atoms with Crippen molar-refractivity contribution in [1.82, 2.24) is 29.7 Å². The zero-order valence-corrected chi connectivity index (χ0v) is 23.9. The molecule has 2 aromatic carbocycles. The number of hydrogen-bond donors (Lipinski definition) is 1. The minimum Gasteiger partial charge on any atom is -0.494 e. The number of methoxy groups -OCH3 is 1. The van der Waals surface area contributed by atoms with E-state index in [1.54, 1.807) is 35.6 Å². The summed E-state index contributed by atoms with van der Waals surface area (Å²) < 4.78 is 33.1. The SMILES string of the molecule is COc1ccc(CN2CCN(c3ccnc(-n4ccnc4)n3)CC2CC(=O)NCCC2COc3ccccc3O2)cc1F. The fraction of sp³-hybridized carbons (Fsp3) is 0.355. The minimum absolute atomic E-state index is 0.0586. The lowest BCUT2D eigenvalue weighted by molar-refractivity contribution is -0.122. The van der Waals surface area contributed by atoms with Crippen molar-refractivity contribution >= 4 is 11.7 Å². The molecule has 4 aromatic rings. The summed E-state index contributed by atoms with van der Waals surface area (Å²) in [4.78, 5) is 30.8. The largest absolute Gasteiger partial charge is 0.494 e. The molecule has 0 saturated carbocycles. The first-order valence-electron chi connectivity index (χ1n) is 14.3. The molecule has 1 fully saturated rings. The number of carbonyl (C=O) groups excluding carboxylic acids is 1. The maximum atomic E-state index is 14.5. The number of halogens is 1. The highest BCUT2D eigenvalue weighted by molar-refractivity contribution is 5.76. The van der Waals surface area contributed by atoms with E-state index < -0.39 is 5.82 Å². The Labute approximate surface area is 249 Å². The highest BCUT2D eigenvalue weighted by Gasteiger charge is 2.30. The number of rotatable bonds is 10. The van der Waals surface area contributed by atoms with Gasteiger partial charge in [0.15, 0.2) is 23.1 Å². The Bertz CT molecular complexity index is 1540. The quantitative estimate of drug-likeness (QED) is 0.299. The van der Waals surface area contributed by atoms with Gasteiger partial charge in [0.1, 0.15) is 24.9 Å². The standard InChI is InChI=1S/C31H34FN7O4/c1-41-26-7-6-22(16-25(26)32)18-37-14-15-38(29-9-11-35-31(36-29)39-13-12-33-21-39)19-23(37)17-30(40)34-10-8-24-20-42-27-4-2-3-5-28(27)43-24/h2-7,9,11-13,16,21,23-24H,8,10,14-15,17-20H2,1H3,(H,34,40). The molecule has 2 atom stereocenters. The van der Waals surface area contributed by atoms with Crippen LogP contribution in [-0.4, -0.2) is 82.4 Å². The van der Waals surface area contributed by atoms with Crippen molar-refractivity contribution in [3.05, 3.63) is 84.8 Å². The zero-order chi connectivity index (χ0) is 29.6. The Kier molecular flexibility index (Phi) is 8.64. The van der Waals surface area contributed by atoms with Gasteiger partial charge in [-0.25, -0.2) is 14.4 Å². The lowest BCUT2D eigenvalue weighted by Crippen LogP contribution is -2.54. The van der Waals surface area contributed by atoms with Crippen molar-refractivity contribution in [3.63, 3.8) is 0 Å². The summed E-state index contributed by atoms with van der Waals surface area (Å²) >= 11 is 0. The second-order valence-electron chi connectivity index (χ2n) is 10.6. The third kappa shape index (κ3) is 6.86. The van der Waals surface area contributed by atoms with Crippen LogP contribution >= 0.6 is 0 Å². The van der Waals surface area contributed by atoms with E-state index in [-0.39, 0.29) is 30.2 Å². The number of benzene rings is 2. The van der Waals surface area contributed by atoms with E-state index in [0.717, 1.165) is 22.9 Å². The van der Waals surface area contributed by atoms with Crippen molar-refractivity contribution in [2.24, 2.45) is 0 Å². The fourth-order valence-corrected chi connectivity index (χ4v) is 5.43. The van der Waals surface area contributed by atoms with Crippen molar-refractivity contribution in [3.8, 4) is 23.2 Å². The lowest BCUT2D eigenvalue weighted by Gasteiger charge is -2.42. The Morgan fingerprint density at radius 2 is 2.02 bits per heavy atom. The second kappa shape index (κ2) is 13.1. The van der Waals surface area contributed by atoms with Crippen LogP contribution in [0.5, 0.6) is 17.2 Å². The van der Waals surface area contributed by atoms with Crippen molar-refractivity contribution in [2.45, 2.75) is 31.5 Å². The van der Waals surface area contributed by atoms with Gasteiger partial charge in [-0.1, -0.05) is 18.2 Å². The van der Waals surface area contributed by atoms with Gasteiger partial charge in [-0.2, -0.15) is 4.98 Å². The number of fused-ring (bicyclic) bond motifs is 1. The van der Waals surface area contributed by atoms with Crippen LogP contribution in [0.15, 0.2) is 73.4 Å². The number of piperazine rings is 1. The van der Waals surface area contributed by atoms with Gasteiger partial charge in [-0.15, -0.1) is 0 Å². The number of para-hydroxylation sites is 2. The number of nitrogens with one attached hydrogen (secondary N) is 1. The van der Waals surface area contributed by atoms with Crippen molar-refractivity contribution < 1.29 is 23.4 Å². The van der Waals surface area contributed by atoms with E-state index in [2.05, 4.69) is 25.1 Å². The maximum absolute atomic E-state index is 14.5. The number of aromatic nitrogens is 4. The molecule has 224 valence electrons. The first kappa shape index (κ1) is 28.4. The van der Waals surface area contributed by atoms with Crippen LogP contribution < -0.4 is 24.4 Å². The van der Waals surface area contributed by atoms with Gasteiger partial charge in [0.25, 0.3) is 0 Å². The fourth-order valence-electron chi connectivity index (χ4n) is 5.43. The molecule has 4 heterocycles. The first-order chi connectivity index (χ1) is 21.1. The number of nitrogens with zero attached hydrogens (tertiary/aromatic N) is 6. The molecule has 1 N–H and O–H groups in total. The number of anilines is 1. The van der Waals surface area contributed by atoms with Crippen LogP contribution in [0, 0.1) is 5.82 Å². The van der Waals surface area contributed by atoms with E-state index in [4.69, 9.17) is 19.2 Å². The minimum atomic E-state index is -0.405. The number of ether oxygens (including phenoxy) is 3. The molecule has 11 nitrogen and oxygen atoms in total. The van der Waals surface area contributed by atoms with Crippen LogP contribution in [0.4, 0.5) is 10.2 Å². The zero-order valence-electron chi connectivity index (χ0n) is 23.9. The molecule has 2 unspecified atom stereocenters. The van der Waals surface area contributed by atoms with E-state index in [0.29, 0.717) is 51.7 Å². The maximum Gasteiger partial charge on any atom is 0.236 e. The molecule has 0 aliphatic carbocycles. The molecule has 2 aliphatic rings. The number of imidazole rings is 1.